The summed E-state index contributed by atoms with van der Waals surface area (Å²) in [6.45, 7) is 4.94. The number of rotatable bonds is 8. The van der Waals surface area contributed by atoms with E-state index in [0.717, 1.165) is 51.3 Å². The molecule has 11 nitrogen and oxygen atoms in total. The van der Waals surface area contributed by atoms with Crippen LogP contribution in [0.2, 0.25) is 0 Å². The molecule has 186 valence electrons. The summed E-state index contributed by atoms with van der Waals surface area (Å²) in [5.41, 5.74) is 4.02. The van der Waals surface area contributed by atoms with Crippen molar-refractivity contribution in [3.8, 4) is 0 Å². The molecule has 36 heavy (non-hydrogen) atoms. The SMILES string of the molecule is O=C1C/C(=C\c2cnn3c(NC4CC4)nc(NCc4cccc(CN5CCOCC5)c4)nc23)C(=O)N1. The molecule has 11 heteroatoms. The second-order valence-electron chi connectivity index (χ2n) is 9.41. The third kappa shape index (κ3) is 5.07. The lowest BCUT2D eigenvalue weighted by Crippen LogP contribution is -2.35. The first-order valence-electron chi connectivity index (χ1n) is 12.3. The van der Waals surface area contributed by atoms with Crippen molar-refractivity contribution in [1.82, 2.24) is 29.8 Å². The lowest BCUT2D eigenvalue weighted by molar-refractivity contribution is -0.124. The lowest BCUT2D eigenvalue weighted by Gasteiger charge is -2.26. The van der Waals surface area contributed by atoms with E-state index in [1.807, 2.05) is 0 Å². The van der Waals surface area contributed by atoms with Crippen LogP contribution in [0.15, 0.2) is 36.0 Å². The summed E-state index contributed by atoms with van der Waals surface area (Å²) in [6.07, 6.45) is 5.55. The molecular formula is C25H28N8O3. The highest BCUT2D eigenvalue weighted by Crippen LogP contribution is 2.26. The standard InChI is InChI=1S/C25H28N8O3/c34-21-12-18(23(35)29-21)11-19-14-27-33-22(19)30-24(31-25(33)28-20-4-5-20)26-13-16-2-1-3-17(10-16)15-32-6-8-36-9-7-32/h1-3,10-11,14,20H,4-9,12-13,15H2,(H,29,34,35)(H2,26,28,30,31)/b18-11+. The first-order chi connectivity index (χ1) is 17.6. The number of morpholine rings is 1. The van der Waals surface area contributed by atoms with Crippen molar-refractivity contribution in [2.24, 2.45) is 0 Å². The van der Waals surface area contributed by atoms with Gasteiger partial charge in [-0.05, 0) is 30.0 Å². The highest BCUT2D eigenvalue weighted by Gasteiger charge is 2.26. The molecular weight excluding hydrogens is 460 g/mol. The fourth-order valence-corrected chi connectivity index (χ4v) is 4.42. The van der Waals surface area contributed by atoms with E-state index in [-0.39, 0.29) is 18.2 Å². The number of benzene rings is 1. The van der Waals surface area contributed by atoms with Gasteiger partial charge in [0, 0.05) is 43.4 Å². The summed E-state index contributed by atoms with van der Waals surface area (Å²) in [6, 6.07) is 8.88. The Morgan fingerprint density at radius 2 is 1.97 bits per heavy atom. The summed E-state index contributed by atoms with van der Waals surface area (Å²) in [4.78, 5) is 35.4. The molecule has 1 saturated carbocycles. The Balaban J connectivity index is 1.24. The maximum Gasteiger partial charge on any atom is 0.254 e. The zero-order chi connectivity index (χ0) is 24.5. The van der Waals surface area contributed by atoms with Gasteiger partial charge >= 0.3 is 0 Å². The number of aromatic nitrogens is 4. The Morgan fingerprint density at radius 3 is 2.75 bits per heavy atom. The van der Waals surface area contributed by atoms with Crippen molar-refractivity contribution >= 4 is 35.4 Å². The summed E-state index contributed by atoms with van der Waals surface area (Å²) in [5, 5.41) is 13.5. The maximum absolute atomic E-state index is 12.1. The Bertz CT molecular complexity index is 1340. The van der Waals surface area contributed by atoms with E-state index in [4.69, 9.17) is 9.72 Å². The van der Waals surface area contributed by atoms with Gasteiger partial charge in [-0.3, -0.25) is 19.8 Å². The molecule has 6 rings (SSSR count). The second-order valence-corrected chi connectivity index (χ2v) is 9.41. The smallest absolute Gasteiger partial charge is 0.254 e. The van der Waals surface area contributed by atoms with Gasteiger partial charge in [-0.1, -0.05) is 24.3 Å². The normalized spacial score (nSPS) is 19.7. The van der Waals surface area contributed by atoms with E-state index in [2.05, 4.69) is 55.2 Å². The van der Waals surface area contributed by atoms with Crippen LogP contribution in [0, 0.1) is 0 Å². The largest absolute Gasteiger partial charge is 0.379 e. The highest BCUT2D eigenvalue weighted by atomic mass is 16.5. The minimum Gasteiger partial charge on any atom is -0.379 e. The van der Waals surface area contributed by atoms with E-state index in [0.29, 0.717) is 41.3 Å². The van der Waals surface area contributed by atoms with Gasteiger partial charge in [-0.15, -0.1) is 0 Å². The van der Waals surface area contributed by atoms with Crippen LogP contribution < -0.4 is 16.0 Å². The van der Waals surface area contributed by atoms with Crippen LogP contribution in [-0.4, -0.2) is 68.6 Å². The fraction of sp³-hybridized carbons (Fsp3) is 0.400. The molecule has 1 aliphatic carbocycles. The Hall–Kier alpha value is -3.83. The number of ether oxygens (including phenoxy) is 1. The average molecular weight is 489 g/mol. The van der Waals surface area contributed by atoms with Crippen LogP contribution >= 0.6 is 0 Å². The quantitative estimate of drug-likeness (QED) is 0.320. The lowest BCUT2D eigenvalue weighted by atomic mass is 10.1. The highest BCUT2D eigenvalue weighted by molar-refractivity contribution is 6.15. The van der Waals surface area contributed by atoms with Gasteiger partial charge < -0.3 is 15.4 Å². The number of nitrogens with zero attached hydrogens (tertiary/aromatic N) is 5. The average Bonchev–Trinajstić information content (AvgIpc) is 3.51. The van der Waals surface area contributed by atoms with Gasteiger partial charge in [0.2, 0.25) is 17.8 Å². The number of carbonyl (C=O) groups is 2. The molecule has 2 amide bonds. The first kappa shape index (κ1) is 22.6. The first-order valence-corrected chi connectivity index (χ1v) is 12.3. The minimum atomic E-state index is -0.375. The van der Waals surface area contributed by atoms with Crippen molar-refractivity contribution in [2.45, 2.75) is 38.4 Å². The summed E-state index contributed by atoms with van der Waals surface area (Å²) in [5.74, 6) is 0.394. The molecule has 0 atom stereocenters. The van der Waals surface area contributed by atoms with Crippen LogP contribution in [0.1, 0.15) is 36.0 Å². The summed E-state index contributed by atoms with van der Waals surface area (Å²) < 4.78 is 7.10. The molecule has 3 aliphatic rings. The molecule has 4 heterocycles. The maximum atomic E-state index is 12.1. The van der Waals surface area contributed by atoms with E-state index in [9.17, 15) is 9.59 Å². The van der Waals surface area contributed by atoms with Crippen molar-refractivity contribution in [1.29, 1.82) is 0 Å². The van der Waals surface area contributed by atoms with Crippen LogP contribution in [0.4, 0.5) is 11.9 Å². The summed E-state index contributed by atoms with van der Waals surface area (Å²) >= 11 is 0. The van der Waals surface area contributed by atoms with Gasteiger partial charge in [0.05, 0.1) is 25.8 Å². The number of hydrogen-bond donors (Lipinski definition) is 3. The zero-order valence-electron chi connectivity index (χ0n) is 19.9. The molecule has 2 aromatic heterocycles. The van der Waals surface area contributed by atoms with Gasteiger partial charge in [-0.2, -0.15) is 19.6 Å². The van der Waals surface area contributed by atoms with Crippen molar-refractivity contribution in [2.75, 3.05) is 36.9 Å². The molecule has 2 saturated heterocycles. The van der Waals surface area contributed by atoms with Gasteiger partial charge in [0.15, 0.2) is 5.65 Å². The number of fused-ring (bicyclic) bond motifs is 1. The molecule has 0 radical (unpaired) electrons. The van der Waals surface area contributed by atoms with Crippen molar-refractivity contribution in [3.63, 3.8) is 0 Å². The molecule has 2 aliphatic heterocycles. The van der Waals surface area contributed by atoms with Crippen molar-refractivity contribution < 1.29 is 14.3 Å². The van der Waals surface area contributed by atoms with E-state index < -0.39 is 0 Å². The number of imide groups is 1. The number of nitrogens with one attached hydrogen (secondary N) is 3. The van der Waals surface area contributed by atoms with E-state index in [1.54, 1.807) is 16.8 Å². The number of hydrogen-bond acceptors (Lipinski definition) is 9. The third-order valence-electron chi connectivity index (χ3n) is 6.48. The van der Waals surface area contributed by atoms with Gasteiger partial charge in [0.1, 0.15) is 0 Å². The van der Waals surface area contributed by atoms with Crippen LogP contribution in [-0.2, 0) is 27.4 Å². The van der Waals surface area contributed by atoms with Crippen LogP contribution in [0.5, 0.6) is 0 Å². The number of amides is 2. The fourth-order valence-electron chi connectivity index (χ4n) is 4.42. The zero-order valence-corrected chi connectivity index (χ0v) is 19.9. The Morgan fingerprint density at radius 1 is 1.14 bits per heavy atom. The predicted octanol–water partition coefficient (Wildman–Crippen LogP) is 1.57. The molecule has 3 aromatic rings. The molecule has 3 fully saturated rings. The van der Waals surface area contributed by atoms with E-state index >= 15 is 0 Å². The van der Waals surface area contributed by atoms with E-state index in [1.165, 1.54) is 5.56 Å². The monoisotopic (exact) mass is 488 g/mol. The number of anilines is 2. The third-order valence-corrected chi connectivity index (χ3v) is 6.48. The topological polar surface area (TPSA) is 126 Å². The van der Waals surface area contributed by atoms with Crippen LogP contribution in [0.3, 0.4) is 0 Å². The molecule has 3 N–H and O–H groups in total. The number of carbonyl (C=O) groups excluding carboxylic acids is 2. The predicted molar refractivity (Wildman–Crippen MR) is 133 cm³/mol. The minimum absolute atomic E-state index is 0.0559. The van der Waals surface area contributed by atoms with Crippen LogP contribution in [0.25, 0.3) is 11.7 Å². The molecule has 0 spiro atoms. The Kier molecular flexibility index (Phi) is 6.08. The van der Waals surface area contributed by atoms with Gasteiger partial charge in [-0.25, -0.2) is 0 Å². The molecule has 0 unspecified atom stereocenters. The van der Waals surface area contributed by atoms with Crippen molar-refractivity contribution in [3.05, 3.63) is 52.7 Å². The molecule has 0 bridgehead atoms. The summed E-state index contributed by atoms with van der Waals surface area (Å²) in [7, 11) is 0. The Labute approximate surface area is 207 Å². The molecule has 1 aromatic carbocycles. The van der Waals surface area contributed by atoms with Gasteiger partial charge in [0.25, 0.3) is 5.91 Å². The second kappa shape index (κ2) is 9.67.